The van der Waals surface area contributed by atoms with E-state index in [1.807, 2.05) is 0 Å². The van der Waals surface area contributed by atoms with Crippen molar-refractivity contribution in [2.24, 2.45) is 10.2 Å². The van der Waals surface area contributed by atoms with Crippen LogP contribution in [0.15, 0.2) is 10.2 Å². The van der Waals surface area contributed by atoms with Gasteiger partial charge in [-0.2, -0.15) is 0 Å². The van der Waals surface area contributed by atoms with Crippen LogP contribution in [0.1, 0.15) is 64.2 Å². The Morgan fingerprint density at radius 3 is 1.35 bits per heavy atom. The molecule has 0 bridgehead atoms. The Morgan fingerprint density at radius 2 is 1.00 bits per heavy atom. The SMILES string of the molecule is O=C(N=NC(=O)OC1CCCCC1)OC1CCCCC1. The van der Waals surface area contributed by atoms with Crippen LogP contribution in [0.3, 0.4) is 0 Å². The third kappa shape index (κ3) is 5.27. The molecule has 20 heavy (non-hydrogen) atoms. The van der Waals surface area contributed by atoms with Crippen molar-refractivity contribution >= 4 is 12.2 Å². The van der Waals surface area contributed by atoms with Gasteiger partial charge in [-0.3, -0.25) is 0 Å². The average Bonchev–Trinajstić information content (AvgIpc) is 2.47. The van der Waals surface area contributed by atoms with Gasteiger partial charge in [0.1, 0.15) is 12.2 Å². The lowest BCUT2D eigenvalue weighted by Gasteiger charge is -2.20. The molecule has 0 aromatic carbocycles. The molecule has 2 saturated carbocycles. The zero-order valence-electron chi connectivity index (χ0n) is 11.8. The van der Waals surface area contributed by atoms with Crippen molar-refractivity contribution in [1.29, 1.82) is 0 Å². The van der Waals surface area contributed by atoms with E-state index in [4.69, 9.17) is 9.47 Å². The van der Waals surface area contributed by atoms with Gasteiger partial charge in [-0.05, 0) is 51.4 Å². The van der Waals surface area contributed by atoms with Crippen molar-refractivity contribution in [1.82, 2.24) is 0 Å². The predicted molar refractivity (Wildman–Crippen MR) is 71.6 cm³/mol. The van der Waals surface area contributed by atoms with Crippen molar-refractivity contribution in [2.75, 3.05) is 0 Å². The number of hydrogen-bond acceptors (Lipinski definition) is 4. The number of hydrogen-bond donors (Lipinski definition) is 0. The summed E-state index contributed by atoms with van der Waals surface area (Å²) in [6.45, 7) is 0. The van der Waals surface area contributed by atoms with Gasteiger partial charge < -0.3 is 9.47 Å². The highest BCUT2D eigenvalue weighted by molar-refractivity contribution is 5.73. The molecule has 0 N–H and O–H groups in total. The van der Waals surface area contributed by atoms with E-state index in [1.54, 1.807) is 0 Å². The minimum Gasteiger partial charge on any atom is -0.444 e. The van der Waals surface area contributed by atoms with Gasteiger partial charge in [0, 0.05) is 0 Å². The van der Waals surface area contributed by atoms with E-state index in [-0.39, 0.29) is 12.2 Å². The Morgan fingerprint density at radius 1 is 0.650 bits per heavy atom. The van der Waals surface area contributed by atoms with Crippen molar-refractivity contribution in [3.05, 3.63) is 0 Å². The van der Waals surface area contributed by atoms with E-state index in [2.05, 4.69) is 10.2 Å². The van der Waals surface area contributed by atoms with E-state index in [0.29, 0.717) is 0 Å². The minimum atomic E-state index is -0.794. The molecule has 2 aliphatic rings. The number of carbonyl (C=O) groups is 2. The fourth-order valence-electron chi connectivity index (χ4n) is 2.78. The topological polar surface area (TPSA) is 77.3 Å². The summed E-state index contributed by atoms with van der Waals surface area (Å²) in [6, 6.07) is 0. The molecule has 6 heteroatoms. The largest absolute Gasteiger partial charge is 0.452 e. The van der Waals surface area contributed by atoms with Crippen molar-refractivity contribution in [3.63, 3.8) is 0 Å². The van der Waals surface area contributed by atoms with Crippen molar-refractivity contribution < 1.29 is 19.1 Å². The maximum absolute atomic E-state index is 11.4. The molecular weight excluding hydrogens is 260 g/mol. The molecule has 6 nitrogen and oxygen atoms in total. The number of nitrogens with zero attached hydrogens (tertiary/aromatic N) is 2. The number of azo groups is 1. The molecule has 2 fully saturated rings. The van der Waals surface area contributed by atoms with Gasteiger partial charge in [0.2, 0.25) is 0 Å². The average molecular weight is 282 g/mol. The molecule has 2 rings (SSSR count). The summed E-state index contributed by atoms with van der Waals surface area (Å²) < 4.78 is 10.2. The third-order valence-corrected chi connectivity index (χ3v) is 3.85. The lowest BCUT2D eigenvalue weighted by Crippen LogP contribution is -2.20. The van der Waals surface area contributed by atoms with E-state index in [0.717, 1.165) is 51.4 Å². The molecule has 0 aromatic heterocycles. The maximum Gasteiger partial charge on any atom is 0.452 e. The lowest BCUT2D eigenvalue weighted by molar-refractivity contribution is 0.0748. The Balaban J connectivity index is 1.67. The maximum atomic E-state index is 11.4. The molecule has 2 amide bonds. The Hall–Kier alpha value is -1.46. The summed E-state index contributed by atoms with van der Waals surface area (Å²) in [5, 5.41) is 6.55. The Labute approximate surface area is 118 Å². The lowest BCUT2D eigenvalue weighted by atomic mass is 9.98. The predicted octanol–water partition coefficient (Wildman–Crippen LogP) is 4.38. The van der Waals surface area contributed by atoms with Gasteiger partial charge in [0.25, 0.3) is 0 Å². The third-order valence-electron chi connectivity index (χ3n) is 3.85. The van der Waals surface area contributed by atoms with Crippen LogP contribution in [0, 0.1) is 0 Å². The van der Waals surface area contributed by atoms with Crippen LogP contribution in [-0.4, -0.2) is 24.4 Å². The summed E-state index contributed by atoms with van der Waals surface area (Å²) in [7, 11) is 0. The summed E-state index contributed by atoms with van der Waals surface area (Å²) in [6.07, 6.45) is 8.37. The first-order valence-electron chi connectivity index (χ1n) is 7.57. The van der Waals surface area contributed by atoms with Crippen LogP contribution in [0.5, 0.6) is 0 Å². The number of amides is 2. The van der Waals surface area contributed by atoms with Crippen molar-refractivity contribution in [2.45, 2.75) is 76.4 Å². The first-order valence-corrected chi connectivity index (χ1v) is 7.57. The highest BCUT2D eigenvalue weighted by atomic mass is 16.6. The first-order chi connectivity index (χ1) is 9.74. The zero-order valence-corrected chi connectivity index (χ0v) is 11.8. The highest BCUT2D eigenvalue weighted by Crippen LogP contribution is 2.21. The standard InChI is InChI=1S/C14H22N2O4/c17-13(19-11-7-3-1-4-8-11)15-16-14(18)20-12-9-5-2-6-10-12/h11-12H,1-10H2. The van der Waals surface area contributed by atoms with E-state index >= 15 is 0 Å². The molecular formula is C14H22N2O4. The molecule has 0 unspecified atom stereocenters. The second-order valence-electron chi connectivity index (χ2n) is 5.49. The normalized spacial score (nSPS) is 21.8. The molecule has 0 aromatic rings. The van der Waals surface area contributed by atoms with Crippen LogP contribution < -0.4 is 0 Å². The second-order valence-corrected chi connectivity index (χ2v) is 5.49. The van der Waals surface area contributed by atoms with Crippen LogP contribution >= 0.6 is 0 Å². The molecule has 2 aliphatic carbocycles. The number of carbonyl (C=O) groups excluding carboxylic acids is 2. The molecule has 112 valence electrons. The fraction of sp³-hybridized carbons (Fsp3) is 0.857. The van der Waals surface area contributed by atoms with Gasteiger partial charge in [0.15, 0.2) is 0 Å². The van der Waals surface area contributed by atoms with Gasteiger partial charge in [-0.25, -0.2) is 9.59 Å². The first kappa shape index (κ1) is 14.9. The summed E-state index contributed by atoms with van der Waals surface area (Å²) >= 11 is 0. The van der Waals surface area contributed by atoms with E-state index < -0.39 is 12.2 Å². The van der Waals surface area contributed by atoms with Crippen LogP contribution in [0.25, 0.3) is 0 Å². The number of ether oxygens (including phenoxy) is 2. The highest BCUT2D eigenvalue weighted by Gasteiger charge is 2.19. The molecule has 0 aliphatic heterocycles. The van der Waals surface area contributed by atoms with Crippen LogP contribution in [0.2, 0.25) is 0 Å². The van der Waals surface area contributed by atoms with E-state index in [9.17, 15) is 9.59 Å². The zero-order chi connectivity index (χ0) is 14.2. The summed E-state index contributed by atoms with van der Waals surface area (Å²) in [5.74, 6) is 0. The molecule has 0 radical (unpaired) electrons. The van der Waals surface area contributed by atoms with Gasteiger partial charge in [-0.15, -0.1) is 0 Å². The summed E-state index contributed by atoms with van der Waals surface area (Å²) in [5.41, 5.74) is 0. The smallest absolute Gasteiger partial charge is 0.444 e. The molecule has 0 spiro atoms. The second kappa shape index (κ2) is 7.97. The summed E-state index contributed by atoms with van der Waals surface area (Å²) in [4.78, 5) is 22.8. The Bertz CT molecular complexity index is 324. The minimum absolute atomic E-state index is 0.0791. The van der Waals surface area contributed by atoms with Crippen molar-refractivity contribution in [3.8, 4) is 0 Å². The fourth-order valence-corrected chi connectivity index (χ4v) is 2.78. The Kier molecular flexibility index (Phi) is 5.95. The quantitative estimate of drug-likeness (QED) is 0.704. The molecule has 0 atom stereocenters. The van der Waals surface area contributed by atoms with E-state index in [1.165, 1.54) is 12.8 Å². The molecule has 0 heterocycles. The molecule has 0 saturated heterocycles. The van der Waals surface area contributed by atoms with Gasteiger partial charge in [-0.1, -0.05) is 23.1 Å². The van der Waals surface area contributed by atoms with Crippen LogP contribution in [-0.2, 0) is 9.47 Å². The monoisotopic (exact) mass is 282 g/mol. The van der Waals surface area contributed by atoms with Gasteiger partial charge in [0.05, 0.1) is 0 Å². The van der Waals surface area contributed by atoms with Gasteiger partial charge >= 0.3 is 12.2 Å². The number of rotatable bonds is 2. The van der Waals surface area contributed by atoms with Crippen LogP contribution in [0.4, 0.5) is 9.59 Å².